The number of aromatic nitrogens is 1. The van der Waals surface area contributed by atoms with E-state index in [9.17, 15) is 0 Å². The maximum absolute atomic E-state index is 8.64. The lowest BCUT2D eigenvalue weighted by atomic mass is 10.3. The van der Waals surface area contributed by atoms with E-state index in [1.807, 2.05) is 35.7 Å². The first-order valence-corrected chi connectivity index (χ1v) is 5.81. The van der Waals surface area contributed by atoms with Crippen LogP contribution in [0, 0.1) is 0 Å². The van der Waals surface area contributed by atoms with Crippen molar-refractivity contribution in [3.8, 4) is 0 Å². The molecule has 0 radical (unpaired) electrons. The molecule has 16 heavy (non-hydrogen) atoms. The molecule has 0 aliphatic rings. The molecule has 0 saturated carbocycles. The molecule has 2 aromatic rings. The minimum Gasteiger partial charge on any atom is -0.392 e. The molecular formula is C12H12N2OS. The van der Waals surface area contributed by atoms with Crippen molar-refractivity contribution >= 4 is 28.2 Å². The van der Waals surface area contributed by atoms with Gasteiger partial charge in [0.25, 0.3) is 0 Å². The molecule has 82 valence electrons. The molecule has 0 aliphatic heterocycles. The van der Waals surface area contributed by atoms with Gasteiger partial charge in [-0.3, -0.25) is 0 Å². The topological polar surface area (TPSA) is 45.1 Å². The molecule has 2 rings (SSSR count). The third-order valence-electron chi connectivity index (χ3n) is 1.94. The van der Waals surface area contributed by atoms with E-state index in [0.717, 1.165) is 16.5 Å². The average Bonchev–Trinajstić information content (AvgIpc) is 2.75. The molecule has 0 saturated heterocycles. The number of nitrogens with zero attached hydrogens (tertiary/aromatic N) is 1. The molecule has 0 aliphatic carbocycles. The highest BCUT2D eigenvalue weighted by molar-refractivity contribution is 7.13. The van der Waals surface area contributed by atoms with E-state index >= 15 is 0 Å². The third kappa shape index (κ3) is 2.92. The van der Waals surface area contributed by atoms with Gasteiger partial charge in [-0.1, -0.05) is 24.3 Å². The van der Waals surface area contributed by atoms with E-state index in [2.05, 4.69) is 10.3 Å². The Labute approximate surface area is 98.1 Å². The predicted octanol–water partition coefficient (Wildman–Crippen LogP) is 2.89. The summed E-state index contributed by atoms with van der Waals surface area (Å²) >= 11 is 1.54. The maximum atomic E-state index is 8.64. The van der Waals surface area contributed by atoms with E-state index in [4.69, 9.17) is 5.11 Å². The van der Waals surface area contributed by atoms with Crippen LogP contribution in [-0.4, -0.2) is 16.7 Å². The fraction of sp³-hybridized carbons (Fsp3) is 0.0833. The Morgan fingerprint density at radius 1 is 1.31 bits per heavy atom. The molecule has 0 spiro atoms. The van der Waals surface area contributed by atoms with Crippen LogP contribution in [0.15, 0.2) is 41.8 Å². The van der Waals surface area contributed by atoms with Crippen LogP contribution in [-0.2, 0) is 0 Å². The zero-order valence-corrected chi connectivity index (χ0v) is 9.45. The molecule has 0 fully saturated rings. The molecule has 2 N–H and O–H groups in total. The van der Waals surface area contributed by atoms with Crippen LogP contribution in [0.3, 0.4) is 0 Å². The number of hydrogen-bond acceptors (Lipinski definition) is 4. The summed E-state index contributed by atoms with van der Waals surface area (Å²) in [5.74, 6) is 0. The monoisotopic (exact) mass is 232 g/mol. The summed E-state index contributed by atoms with van der Waals surface area (Å²) in [4.78, 5) is 4.35. The molecular weight excluding hydrogens is 220 g/mol. The Morgan fingerprint density at radius 2 is 2.12 bits per heavy atom. The molecule has 4 heteroatoms. The van der Waals surface area contributed by atoms with Crippen LogP contribution < -0.4 is 5.32 Å². The Bertz CT molecular complexity index is 465. The van der Waals surface area contributed by atoms with E-state index in [1.54, 1.807) is 12.2 Å². The average molecular weight is 232 g/mol. The summed E-state index contributed by atoms with van der Waals surface area (Å²) in [6, 6.07) is 9.91. The molecule has 0 unspecified atom stereocenters. The highest BCUT2D eigenvalue weighted by Gasteiger charge is 1.98. The van der Waals surface area contributed by atoms with Gasteiger partial charge in [0.05, 0.1) is 12.3 Å². The molecule has 1 heterocycles. The maximum Gasteiger partial charge on any atom is 0.187 e. The first kappa shape index (κ1) is 10.9. The van der Waals surface area contributed by atoms with E-state index < -0.39 is 0 Å². The number of aliphatic hydroxyl groups is 1. The highest BCUT2D eigenvalue weighted by Crippen LogP contribution is 2.21. The van der Waals surface area contributed by atoms with E-state index in [-0.39, 0.29) is 6.61 Å². The molecule has 0 bridgehead atoms. The quantitative estimate of drug-likeness (QED) is 0.852. The minimum atomic E-state index is 0.0406. The molecule has 0 amide bonds. The van der Waals surface area contributed by atoms with Crippen molar-refractivity contribution in [2.24, 2.45) is 0 Å². The van der Waals surface area contributed by atoms with Crippen LogP contribution in [0.4, 0.5) is 10.8 Å². The van der Waals surface area contributed by atoms with Crippen molar-refractivity contribution in [1.29, 1.82) is 0 Å². The largest absolute Gasteiger partial charge is 0.392 e. The van der Waals surface area contributed by atoms with Gasteiger partial charge in [-0.2, -0.15) is 0 Å². The fourth-order valence-electron chi connectivity index (χ4n) is 1.24. The third-order valence-corrected chi connectivity index (χ3v) is 2.72. The van der Waals surface area contributed by atoms with Crippen LogP contribution in [0.25, 0.3) is 6.08 Å². The van der Waals surface area contributed by atoms with Gasteiger partial charge >= 0.3 is 0 Å². The van der Waals surface area contributed by atoms with Crippen molar-refractivity contribution < 1.29 is 5.11 Å². The lowest BCUT2D eigenvalue weighted by molar-refractivity contribution is 0.343. The summed E-state index contributed by atoms with van der Waals surface area (Å²) in [6.45, 7) is 0.0406. The van der Waals surface area contributed by atoms with Crippen LogP contribution >= 0.6 is 11.3 Å². The first-order chi connectivity index (χ1) is 7.88. The van der Waals surface area contributed by atoms with Crippen LogP contribution in [0.2, 0.25) is 0 Å². The number of para-hydroxylation sites is 1. The number of anilines is 2. The second-order valence-corrected chi connectivity index (χ2v) is 4.01. The van der Waals surface area contributed by atoms with E-state index in [0.29, 0.717) is 0 Å². The van der Waals surface area contributed by atoms with Gasteiger partial charge in [0.2, 0.25) is 0 Å². The van der Waals surface area contributed by atoms with Gasteiger partial charge in [-0.25, -0.2) is 4.98 Å². The van der Waals surface area contributed by atoms with Crippen molar-refractivity contribution in [3.63, 3.8) is 0 Å². The summed E-state index contributed by atoms with van der Waals surface area (Å²) in [5.41, 5.74) is 1.88. The number of benzene rings is 1. The van der Waals surface area contributed by atoms with E-state index in [1.165, 1.54) is 11.3 Å². The van der Waals surface area contributed by atoms with Gasteiger partial charge in [0.15, 0.2) is 5.13 Å². The number of rotatable bonds is 4. The SMILES string of the molecule is OCC=Cc1csc(Nc2ccccc2)n1. The number of thiazole rings is 1. The Morgan fingerprint density at radius 3 is 2.88 bits per heavy atom. The summed E-state index contributed by atoms with van der Waals surface area (Å²) in [7, 11) is 0. The summed E-state index contributed by atoms with van der Waals surface area (Å²) in [5, 5.41) is 14.6. The Kier molecular flexibility index (Phi) is 3.69. The lowest BCUT2D eigenvalue weighted by Crippen LogP contribution is -1.88. The Hall–Kier alpha value is -1.65. The first-order valence-electron chi connectivity index (χ1n) is 4.93. The van der Waals surface area contributed by atoms with Gasteiger partial charge in [-0.15, -0.1) is 11.3 Å². The second kappa shape index (κ2) is 5.44. The molecule has 3 nitrogen and oxygen atoms in total. The lowest BCUT2D eigenvalue weighted by Gasteiger charge is -2.00. The molecule has 1 aromatic carbocycles. The minimum absolute atomic E-state index is 0.0406. The smallest absolute Gasteiger partial charge is 0.187 e. The van der Waals surface area contributed by atoms with Gasteiger partial charge in [0.1, 0.15) is 0 Å². The summed E-state index contributed by atoms with van der Waals surface area (Å²) < 4.78 is 0. The second-order valence-electron chi connectivity index (χ2n) is 3.15. The molecule has 0 atom stereocenters. The number of aliphatic hydroxyl groups excluding tert-OH is 1. The standard InChI is InChI=1S/C12H12N2OS/c15-8-4-7-11-9-16-12(14-11)13-10-5-2-1-3-6-10/h1-7,9,15H,8H2,(H,13,14). The summed E-state index contributed by atoms with van der Waals surface area (Å²) in [6.07, 6.45) is 3.47. The highest BCUT2D eigenvalue weighted by atomic mass is 32.1. The molecule has 1 aromatic heterocycles. The fourth-order valence-corrected chi connectivity index (χ4v) is 1.94. The predicted molar refractivity (Wildman–Crippen MR) is 68.0 cm³/mol. The van der Waals surface area contributed by atoms with Crippen LogP contribution in [0.5, 0.6) is 0 Å². The van der Waals surface area contributed by atoms with Crippen molar-refractivity contribution in [1.82, 2.24) is 4.98 Å². The van der Waals surface area contributed by atoms with Crippen LogP contribution in [0.1, 0.15) is 5.69 Å². The van der Waals surface area contributed by atoms with Crippen molar-refractivity contribution in [3.05, 3.63) is 47.5 Å². The number of hydrogen-bond donors (Lipinski definition) is 2. The van der Waals surface area contributed by atoms with Gasteiger partial charge in [-0.05, 0) is 18.2 Å². The van der Waals surface area contributed by atoms with Gasteiger partial charge < -0.3 is 10.4 Å². The normalized spacial score (nSPS) is 10.8. The zero-order valence-electron chi connectivity index (χ0n) is 8.63. The van der Waals surface area contributed by atoms with Crippen molar-refractivity contribution in [2.45, 2.75) is 0 Å². The van der Waals surface area contributed by atoms with Gasteiger partial charge in [0, 0.05) is 11.1 Å². The zero-order chi connectivity index (χ0) is 11.2. The van der Waals surface area contributed by atoms with Crippen molar-refractivity contribution in [2.75, 3.05) is 11.9 Å². The number of nitrogens with one attached hydrogen (secondary N) is 1. The Balaban J connectivity index is 2.06.